The maximum Gasteiger partial charge on any atom is 0.274 e. The second kappa shape index (κ2) is 4.96. The van der Waals surface area contributed by atoms with E-state index in [1.807, 2.05) is 6.92 Å². The van der Waals surface area contributed by atoms with E-state index in [2.05, 4.69) is 15.9 Å². The number of nitrogens with one attached hydrogen (secondary N) is 1. The van der Waals surface area contributed by atoms with E-state index >= 15 is 0 Å². The van der Waals surface area contributed by atoms with Gasteiger partial charge in [-0.3, -0.25) is 9.59 Å². The van der Waals surface area contributed by atoms with Crippen molar-refractivity contribution in [3.63, 3.8) is 0 Å². The van der Waals surface area contributed by atoms with E-state index in [0.717, 1.165) is 6.20 Å². The lowest BCUT2D eigenvalue weighted by Crippen LogP contribution is -2.32. The molecule has 1 N–H and O–H groups in total. The van der Waals surface area contributed by atoms with E-state index in [1.54, 1.807) is 0 Å². The molecule has 0 aliphatic rings. The Labute approximate surface area is 87.1 Å². The Balaban J connectivity index is 2.88. The molecule has 0 atom stereocenters. The molecule has 1 aromatic rings. The monoisotopic (exact) mass is 205 g/mol. The van der Waals surface area contributed by atoms with Gasteiger partial charge in [-0.25, -0.2) is 4.98 Å². The molecular formula is C10H11N3O2. The van der Waals surface area contributed by atoms with Gasteiger partial charge in [0.25, 0.3) is 11.5 Å². The van der Waals surface area contributed by atoms with Crippen LogP contribution in [0, 0.1) is 12.3 Å². The summed E-state index contributed by atoms with van der Waals surface area (Å²) in [6.45, 7) is 2.56. The van der Waals surface area contributed by atoms with E-state index in [1.165, 1.54) is 11.1 Å². The molecule has 0 saturated heterocycles. The number of carbonyl (C=O) groups is 1. The minimum atomic E-state index is -0.341. The Morgan fingerprint density at radius 2 is 2.47 bits per heavy atom. The lowest BCUT2D eigenvalue weighted by atomic mass is 10.3. The Morgan fingerprint density at radius 1 is 1.73 bits per heavy atom. The lowest BCUT2D eigenvalue weighted by molar-refractivity contribution is 0.0778. The van der Waals surface area contributed by atoms with Crippen LogP contribution >= 0.6 is 0 Å². The van der Waals surface area contributed by atoms with Crippen molar-refractivity contribution in [3.05, 3.63) is 28.4 Å². The average molecular weight is 205 g/mol. The highest BCUT2D eigenvalue weighted by molar-refractivity contribution is 5.92. The van der Waals surface area contributed by atoms with Crippen molar-refractivity contribution < 1.29 is 4.79 Å². The lowest BCUT2D eigenvalue weighted by Gasteiger charge is -2.16. The van der Waals surface area contributed by atoms with Crippen LogP contribution in [-0.2, 0) is 0 Å². The normalized spacial score (nSPS) is 9.33. The van der Waals surface area contributed by atoms with Crippen LogP contribution in [0.15, 0.2) is 17.2 Å². The fraction of sp³-hybridized carbons (Fsp3) is 0.300. The van der Waals surface area contributed by atoms with Gasteiger partial charge < -0.3 is 9.88 Å². The summed E-state index contributed by atoms with van der Waals surface area (Å²) in [5.74, 6) is 2.10. The van der Waals surface area contributed by atoms with Gasteiger partial charge >= 0.3 is 0 Å². The van der Waals surface area contributed by atoms with Crippen LogP contribution in [0.4, 0.5) is 0 Å². The van der Waals surface area contributed by atoms with Crippen LogP contribution in [0.5, 0.6) is 0 Å². The van der Waals surface area contributed by atoms with Crippen molar-refractivity contribution in [2.24, 2.45) is 0 Å². The Hall–Kier alpha value is -2.09. The summed E-state index contributed by atoms with van der Waals surface area (Å²) >= 11 is 0. The maximum absolute atomic E-state index is 11.7. The number of aromatic amines is 1. The number of terminal acetylenes is 1. The highest BCUT2D eigenvalue weighted by Gasteiger charge is 2.13. The smallest absolute Gasteiger partial charge is 0.274 e. The minimum absolute atomic E-state index is 0.187. The first kappa shape index (κ1) is 11.0. The molecule has 0 unspecified atom stereocenters. The van der Waals surface area contributed by atoms with Crippen molar-refractivity contribution in [1.82, 2.24) is 14.9 Å². The van der Waals surface area contributed by atoms with Crippen molar-refractivity contribution in [2.45, 2.75) is 6.92 Å². The zero-order valence-corrected chi connectivity index (χ0v) is 8.36. The summed E-state index contributed by atoms with van der Waals surface area (Å²) in [6, 6.07) is 0. The number of hydrogen-bond acceptors (Lipinski definition) is 3. The van der Waals surface area contributed by atoms with E-state index in [9.17, 15) is 9.59 Å². The molecule has 0 spiro atoms. The predicted molar refractivity (Wildman–Crippen MR) is 55.3 cm³/mol. The van der Waals surface area contributed by atoms with Gasteiger partial charge in [-0.15, -0.1) is 6.42 Å². The van der Waals surface area contributed by atoms with Crippen LogP contribution in [-0.4, -0.2) is 33.9 Å². The first-order chi connectivity index (χ1) is 7.19. The van der Waals surface area contributed by atoms with Gasteiger partial charge in [0.15, 0.2) is 0 Å². The molecule has 0 aliphatic carbocycles. The molecule has 0 radical (unpaired) electrons. The van der Waals surface area contributed by atoms with Gasteiger partial charge in [-0.05, 0) is 6.92 Å². The van der Waals surface area contributed by atoms with Gasteiger partial charge in [0.1, 0.15) is 5.69 Å². The minimum Gasteiger partial charge on any atom is -0.326 e. The molecule has 15 heavy (non-hydrogen) atoms. The summed E-state index contributed by atoms with van der Waals surface area (Å²) in [4.78, 5) is 30.0. The zero-order chi connectivity index (χ0) is 11.3. The molecule has 1 amide bonds. The second-order valence-electron chi connectivity index (χ2n) is 2.82. The van der Waals surface area contributed by atoms with Crippen LogP contribution in [0.1, 0.15) is 17.4 Å². The standard InChI is InChI=1S/C10H11N3O2/c1-3-5-13(4-2)10(15)8-6-12-9(14)7-11-8/h1,6-7H,4-5H2,2H3,(H,12,14). The molecule has 0 aromatic carbocycles. The van der Waals surface area contributed by atoms with Crippen molar-refractivity contribution in [3.8, 4) is 12.3 Å². The van der Waals surface area contributed by atoms with E-state index in [4.69, 9.17) is 6.42 Å². The molecule has 1 heterocycles. The summed E-state index contributed by atoms with van der Waals surface area (Å²) in [6.07, 6.45) is 7.47. The van der Waals surface area contributed by atoms with Crippen molar-refractivity contribution in [2.75, 3.05) is 13.1 Å². The molecule has 0 saturated carbocycles. The third-order valence-electron chi connectivity index (χ3n) is 1.84. The number of nitrogens with zero attached hydrogens (tertiary/aromatic N) is 2. The molecule has 78 valence electrons. The number of rotatable bonds is 3. The fourth-order valence-corrected chi connectivity index (χ4v) is 1.06. The van der Waals surface area contributed by atoms with Crippen LogP contribution in [0.3, 0.4) is 0 Å². The van der Waals surface area contributed by atoms with E-state index in [0.29, 0.717) is 6.54 Å². The largest absolute Gasteiger partial charge is 0.326 e. The summed E-state index contributed by atoms with van der Waals surface area (Å²) < 4.78 is 0. The third kappa shape index (κ3) is 2.68. The van der Waals surface area contributed by atoms with Crippen LogP contribution in [0.25, 0.3) is 0 Å². The van der Waals surface area contributed by atoms with Gasteiger partial charge in [-0.1, -0.05) is 5.92 Å². The van der Waals surface area contributed by atoms with Crippen molar-refractivity contribution >= 4 is 5.91 Å². The molecule has 5 heteroatoms. The van der Waals surface area contributed by atoms with Gasteiger partial charge in [0.2, 0.25) is 0 Å². The Morgan fingerprint density at radius 3 is 2.93 bits per heavy atom. The number of carbonyl (C=O) groups excluding carboxylic acids is 1. The number of amides is 1. The molecule has 5 nitrogen and oxygen atoms in total. The first-order valence-corrected chi connectivity index (χ1v) is 4.46. The summed E-state index contributed by atoms with van der Waals surface area (Å²) in [7, 11) is 0. The quantitative estimate of drug-likeness (QED) is 0.699. The van der Waals surface area contributed by atoms with Gasteiger partial charge in [0.05, 0.1) is 12.7 Å². The SMILES string of the molecule is C#CCN(CC)C(=O)c1c[nH]c(=O)cn1. The zero-order valence-electron chi connectivity index (χ0n) is 8.36. The highest BCUT2D eigenvalue weighted by Crippen LogP contribution is 1.97. The number of H-pyrrole nitrogens is 1. The highest BCUT2D eigenvalue weighted by atomic mass is 16.2. The molecular weight excluding hydrogens is 194 g/mol. The van der Waals surface area contributed by atoms with Crippen LogP contribution in [0.2, 0.25) is 0 Å². The summed E-state index contributed by atoms with van der Waals surface area (Å²) in [5, 5.41) is 0. The predicted octanol–water partition coefficient (Wildman–Crippen LogP) is -0.135. The molecule has 0 bridgehead atoms. The summed E-state index contributed by atoms with van der Waals surface area (Å²) in [5.41, 5.74) is -0.154. The maximum atomic E-state index is 11.7. The van der Waals surface area contributed by atoms with Gasteiger partial charge in [-0.2, -0.15) is 0 Å². The van der Waals surface area contributed by atoms with E-state index < -0.39 is 0 Å². The topological polar surface area (TPSA) is 66.1 Å². The van der Waals surface area contributed by atoms with E-state index in [-0.39, 0.29) is 23.7 Å². The third-order valence-corrected chi connectivity index (χ3v) is 1.84. The average Bonchev–Trinajstić information content (AvgIpc) is 2.26. The fourth-order valence-electron chi connectivity index (χ4n) is 1.06. The molecule has 0 aliphatic heterocycles. The second-order valence-corrected chi connectivity index (χ2v) is 2.82. The number of aromatic nitrogens is 2. The van der Waals surface area contributed by atoms with Gasteiger partial charge in [0, 0.05) is 12.7 Å². The number of hydrogen-bond donors (Lipinski definition) is 1. The van der Waals surface area contributed by atoms with Crippen LogP contribution < -0.4 is 5.56 Å². The Kier molecular flexibility index (Phi) is 3.63. The van der Waals surface area contributed by atoms with Crippen molar-refractivity contribution in [1.29, 1.82) is 0 Å². The Bertz CT molecular complexity index is 424. The molecule has 0 fully saturated rings. The first-order valence-electron chi connectivity index (χ1n) is 4.46. The molecule has 1 aromatic heterocycles. The molecule has 1 rings (SSSR count).